The standard InChI is InChI=1S/C16H17NO3/c1-11-8-14(15(18)9-12(11)2)17-16(19)10-20-13-6-4-3-5-7-13/h3-9,18H,10H2,1-2H3,(H,17,19). The number of rotatable bonds is 4. The minimum atomic E-state index is -0.313. The zero-order chi connectivity index (χ0) is 14.5. The van der Waals surface area contributed by atoms with Crippen LogP contribution in [0.15, 0.2) is 42.5 Å². The van der Waals surface area contributed by atoms with Gasteiger partial charge >= 0.3 is 0 Å². The van der Waals surface area contributed by atoms with Gasteiger partial charge in [-0.1, -0.05) is 18.2 Å². The van der Waals surface area contributed by atoms with Crippen molar-refractivity contribution < 1.29 is 14.6 Å². The molecule has 0 aliphatic heterocycles. The predicted molar refractivity (Wildman–Crippen MR) is 78.1 cm³/mol. The van der Waals surface area contributed by atoms with Gasteiger partial charge in [0, 0.05) is 0 Å². The zero-order valence-corrected chi connectivity index (χ0v) is 11.5. The summed E-state index contributed by atoms with van der Waals surface area (Å²) in [5.41, 5.74) is 2.37. The second-order valence-electron chi connectivity index (χ2n) is 4.60. The Bertz CT molecular complexity index is 609. The van der Waals surface area contributed by atoms with Crippen LogP contribution in [0.5, 0.6) is 11.5 Å². The number of ether oxygens (including phenoxy) is 1. The van der Waals surface area contributed by atoms with Gasteiger partial charge in [0.1, 0.15) is 11.5 Å². The summed E-state index contributed by atoms with van der Waals surface area (Å²) in [6, 6.07) is 12.5. The Balaban J connectivity index is 1.97. The number of phenols is 1. The number of benzene rings is 2. The van der Waals surface area contributed by atoms with Crippen LogP contribution in [0.1, 0.15) is 11.1 Å². The molecule has 20 heavy (non-hydrogen) atoms. The molecule has 0 saturated heterocycles. The number of hydrogen-bond donors (Lipinski definition) is 2. The molecule has 4 nitrogen and oxygen atoms in total. The number of carbonyl (C=O) groups excluding carboxylic acids is 1. The topological polar surface area (TPSA) is 58.6 Å². The van der Waals surface area contributed by atoms with Crippen molar-refractivity contribution >= 4 is 11.6 Å². The van der Waals surface area contributed by atoms with Gasteiger partial charge in [0.25, 0.3) is 5.91 Å². The summed E-state index contributed by atoms with van der Waals surface area (Å²) >= 11 is 0. The summed E-state index contributed by atoms with van der Waals surface area (Å²) in [7, 11) is 0. The molecule has 0 unspecified atom stereocenters. The average molecular weight is 271 g/mol. The van der Waals surface area contributed by atoms with Gasteiger partial charge in [-0.3, -0.25) is 4.79 Å². The van der Waals surface area contributed by atoms with Gasteiger partial charge in [-0.25, -0.2) is 0 Å². The van der Waals surface area contributed by atoms with E-state index in [1.165, 1.54) is 0 Å². The van der Waals surface area contributed by atoms with Crippen molar-refractivity contribution in [2.45, 2.75) is 13.8 Å². The molecule has 0 heterocycles. The van der Waals surface area contributed by atoms with E-state index < -0.39 is 0 Å². The molecule has 0 spiro atoms. The van der Waals surface area contributed by atoms with E-state index in [1.807, 2.05) is 32.0 Å². The molecule has 4 heteroatoms. The largest absolute Gasteiger partial charge is 0.506 e. The molecule has 0 fully saturated rings. The van der Waals surface area contributed by atoms with Crippen LogP contribution in [0.3, 0.4) is 0 Å². The van der Waals surface area contributed by atoms with Crippen molar-refractivity contribution in [1.29, 1.82) is 0 Å². The molecular formula is C16H17NO3. The van der Waals surface area contributed by atoms with Crippen molar-refractivity contribution in [2.75, 3.05) is 11.9 Å². The first-order chi connectivity index (χ1) is 9.56. The molecule has 0 atom stereocenters. The number of aryl methyl sites for hydroxylation is 2. The molecule has 0 aliphatic carbocycles. The molecule has 0 saturated carbocycles. The van der Waals surface area contributed by atoms with Gasteiger partial charge in [0.05, 0.1) is 5.69 Å². The molecule has 2 rings (SSSR count). The first-order valence-corrected chi connectivity index (χ1v) is 6.34. The number of amides is 1. The van der Waals surface area contributed by atoms with Crippen LogP contribution < -0.4 is 10.1 Å². The Hall–Kier alpha value is -2.49. The molecule has 2 N–H and O–H groups in total. The van der Waals surface area contributed by atoms with E-state index in [0.29, 0.717) is 11.4 Å². The Labute approximate surface area is 118 Å². The van der Waals surface area contributed by atoms with E-state index in [0.717, 1.165) is 11.1 Å². The predicted octanol–water partition coefficient (Wildman–Crippen LogP) is 3.03. The monoisotopic (exact) mass is 271 g/mol. The van der Waals surface area contributed by atoms with E-state index in [2.05, 4.69) is 5.32 Å². The minimum Gasteiger partial charge on any atom is -0.506 e. The van der Waals surface area contributed by atoms with E-state index in [-0.39, 0.29) is 18.3 Å². The number of aromatic hydroxyl groups is 1. The number of anilines is 1. The lowest BCUT2D eigenvalue weighted by atomic mass is 10.1. The highest BCUT2D eigenvalue weighted by atomic mass is 16.5. The normalized spacial score (nSPS) is 10.1. The molecule has 1 amide bonds. The average Bonchev–Trinajstić information content (AvgIpc) is 2.44. The number of phenolic OH excluding ortho intramolecular Hbond substituents is 1. The Morgan fingerprint density at radius 1 is 1.15 bits per heavy atom. The summed E-state index contributed by atoms with van der Waals surface area (Å²) in [6.45, 7) is 3.72. The Morgan fingerprint density at radius 3 is 2.50 bits per heavy atom. The number of nitrogens with one attached hydrogen (secondary N) is 1. The van der Waals surface area contributed by atoms with E-state index >= 15 is 0 Å². The maximum absolute atomic E-state index is 11.8. The lowest BCUT2D eigenvalue weighted by Crippen LogP contribution is -2.20. The number of hydrogen-bond acceptors (Lipinski definition) is 3. The lowest BCUT2D eigenvalue weighted by molar-refractivity contribution is -0.118. The third kappa shape index (κ3) is 3.51. The minimum absolute atomic E-state index is 0.0566. The van der Waals surface area contributed by atoms with Crippen molar-refractivity contribution in [3.63, 3.8) is 0 Å². The molecule has 0 aliphatic rings. The summed E-state index contributed by atoms with van der Waals surface area (Å²) in [6.07, 6.45) is 0. The SMILES string of the molecule is Cc1cc(O)c(NC(=O)COc2ccccc2)cc1C. The van der Waals surface area contributed by atoms with Crippen molar-refractivity contribution in [1.82, 2.24) is 0 Å². The summed E-state index contributed by atoms with van der Waals surface area (Å²) in [4.78, 5) is 11.8. The fraction of sp³-hybridized carbons (Fsp3) is 0.188. The van der Waals surface area contributed by atoms with Gasteiger partial charge in [-0.2, -0.15) is 0 Å². The third-order valence-corrected chi connectivity index (χ3v) is 3.00. The molecule has 0 aromatic heterocycles. The quantitative estimate of drug-likeness (QED) is 0.840. The highest BCUT2D eigenvalue weighted by Crippen LogP contribution is 2.26. The highest BCUT2D eigenvalue weighted by molar-refractivity contribution is 5.93. The summed E-state index contributed by atoms with van der Waals surface area (Å²) < 4.78 is 5.34. The first-order valence-electron chi connectivity index (χ1n) is 6.34. The fourth-order valence-electron chi connectivity index (χ4n) is 1.75. The number of carbonyl (C=O) groups is 1. The van der Waals surface area contributed by atoms with Crippen LogP contribution in [0.25, 0.3) is 0 Å². The van der Waals surface area contributed by atoms with Crippen LogP contribution in [0.4, 0.5) is 5.69 Å². The maximum atomic E-state index is 11.8. The molecule has 2 aromatic rings. The molecule has 0 radical (unpaired) electrons. The van der Waals surface area contributed by atoms with Crippen LogP contribution in [0.2, 0.25) is 0 Å². The van der Waals surface area contributed by atoms with Crippen LogP contribution in [-0.2, 0) is 4.79 Å². The first kappa shape index (κ1) is 13.9. The second kappa shape index (κ2) is 6.10. The van der Waals surface area contributed by atoms with Crippen molar-refractivity contribution in [2.24, 2.45) is 0 Å². The van der Waals surface area contributed by atoms with Gasteiger partial charge in [-0.05, 0) is 49.2 Å². The highest BCUT2D eigenvalue weighted by Gasteiger charge is 2.09. The van der Waals surface area contributed by atoms with Gasteiger partial charge in [0.15, 0.2) is 6.61 Å². The van der Waals surface area contributed by atoms with Crippen molar-refractivity contribution in [3.8, 4) is 11.5 Å². The van der Waals surface area contributed by atoms with Gasteiger partial charge in [-0.15, -0.1) is 0 Å². The van der Waals surface area contributed by atoms with Gasteiger partial charge < -0.3 is 15.2 Å². The summed E-state index contributed by atoms with van der Waals surface area (Å²) in [5, 5.41) is 12.4. The smallest absolute Gasteiger partial charge is 0.262 e. The van der Waals surface area contributed by atoms with E-state index in [1.54, 1.807) is 24.3 Å². The van der Waals surface area contributed by atoms with E-state index in [9.17, 15) is 9.90 Å². The second-order valence-corrected chi connectivity index (χ2v) is 4.60. The molecule has 0 bridgehead atoms. The van der Waals surface area contributed by atoms with Crippen LogP contribution in [-0.4, -0.2) is 17.6 Å². The van der Waals surface area contributed by atoms with Crippen molar-refractivity contribution in [3.05, 3.63) is 53.6 Å². The Kier molecular flexibility index (Phi) is 4.25. The maximum Gasteiger partial charge on any atom is 0.262 e. The lowest BCUT2D eigenvalue weighted by Gasteiger charge is -2.11. The third-order valence-electron chi connectivity index (χ3n) is 3.00. The fourth-order valence-corrected chi connectivity index (χ4v) is 1.75. The van der Waals surface area contributed by atoms with Gasteiger partial charge in [0.2, 0.25) is 0 Å². The zero-order valence-electron chi connectivity index (χ0n) is 11.5. The van der Waals surface area contributed by atoms with E-state index in [4.69, 9.17) is 4.74 Å². The molecule has 2 aromatic carbocycles. The van der Waals surface area contributed by atoms with Crippen LogP contribution in [0, 0.1) is 13.8 Å². The Morgan fingerprint density at radius 2 is 1.80 bits per heavy atom. The molecule has 104 valence electrons. The van der Waals surface area contributed by atoms with Crippen LogP contribution >= 0.6 is 0 Å². The number of para-hydroxylation sites is 1. The summed E-state index contributed by atoms with van der Waals surface area (Å²) in [5.74, 6) is 0.375. The molecular weight excluding hydrogens is 254 g/mol.